The number of piperidine rings is 2. The molecule has 6 aliphatic rings. The topological polar surface area (TPSA) is 38.8 Å². The van der Waals surface area contributed by atoms with E-state index in [1.165, 1.54) is 146 Å². The van der Waals surface area contributed by atoms with Gasteiger partial charge in [-0.25, -0.2) is 0 Å². The van der Waals surface area contributed by atoms with E-state index in [1.807, 2.05) is 0 Å². The first kappa shape index (κ1) is 29.4. The van der Waals surface area contributed by atoms with Crippen LogP contribution < -0.4 is 30.1 Å². The van der Waals surface area contributed by atoms with Crippen molar-refractivity contribution in [3.8, 4) is 0 Å². The molecule has 2 fully saturated rings. The number of nitrogens with zero attached hydrogens (tertiary/aromatic N) is 4. The van der Waals surface area contributed by atoms with Crippen LogP contribution in [0.5, 0.6) is 0 Å². The van der Waals surface area contributed by atoms with Gasteiger partial charge in [0.15, 0.2) is 0 Å². The summed E-state index contributed by atoms with van der Waals surface area (Å²) in [6.45, 7) is 13.8. The van der Waals surface area contributed by atoms with E-state index in [2.05, 4.69) is 57.1 Å². The normalized spacial score (nSPS) is 23.9. The summed E-state index contributed by atoms with van der Waals surface area (Å²) in [6.07, 6.45) is 14.8. The number of benzene rings is 2. The Balaban J connectivity index is 0.891. The fourth-order valence-electron chi connectivity index (χ4n) is 10.8. The van der Waals surface area contributed by atoms with Gasteiger partial charge in [-0.1, -0.05) is 0 Å². The van der Waals surface area contributed by atoms with Gasteiger partial charge in [-0.2, -0.15) is 9.15 Å². The first-order chi connectivity index (χ1) is 23.6. The van der Waals surface area contributed by atoms with E-state index in [4.69, 9.17) is 8.83 Å². The molecule has 0 atom stereocenters. The van der Waals surface area contributed by atoms with Crippen LogP contribution in [0.25, 0.3) is 21.9 Å². The molecular weight excluding hydrogens is 592 g/mol. The lowest BCUT2D eigenvalue weighted by Gasteiger charge is -2.37. The zero-order valence-electron chi connectivity index (χ0n) is 29.2. The van der Waals surface area contributed by atoms with Crippen molar-refractivity contribution in [2.45, 2.75) is 90.9 Å². The summed E-state index contributed by atoms with van der Waals surface area (Å²) >= 11 is 0. The maximum Gasteiger partial charge on any atom is 0.368 e. The van der Waals surface area contributed by atoms with E-state index < -0.39 is 0 Å². The van der Waals surface area contributed by atoms with Gasteiger partial charge in [0.2, 0.25) is 0 Å². The van der Waals surface area contributed by atoms with Crippen LogP contribution in [0.15, 0.2) is 33.1 Å². The molecule has 0 radical (unpaired) electrons. The summed E-state index contributed by atoms with van der Waals surface area (Å²) in [5, 5.41) is 2.68. The standard InChI is InChI=1S/C42H52N4O2/c1-27-23-37(47-41-33-9-5-17-45-15-3-7-31(39(33)45)25-35(27)41)43-19-11-29(12-20-43)30-13-21-44(22-14-30)38-24-28(2)36-26-32-8-4-16-46-18-6-10-34(40(32)46)42(36)48-38/h23-26,29-30H,3-22H2,1-2H3/q+2. The van der Waals surface area contributed by atoms with Gasteiger partial charge in [0.1, 0.15) is 37.3 Å². The van der Waals surface area contributed by atoms with Crippen molar-refractivity contribution in [1.82, 2.24) is 9.15 Å². The number of anilines is 2. The van der Waals surface area contributed by atoms with Crippen molar-refractivity contribution >= 4 is 33.3 Å². The largest absolute Gasteiger partial charge is 0.404 e. The Labute approximate surface area is 284 Å². The van der Waals surface area contributed by atoms with Crippen LogP contribution in [0.4, 0.5) is 11.4 Å². The maximum atomic E-state index is 6.87. The summed E-state index contributed by atoms with van der Waals surface area (Å²) in [7, 11) is 0. The molecular formula is C42H52N4O2+2. The van der Waals surface area contributed by atoms with Crippen LogP contribution >= 0.6 is 0 Å². The molecule has 0 spiro atoms. The molecule has 4 aromatic rings. The number of rotatable bonds is 1. The molecule has 0 aliphatic carbocycles. The lowest BCUT2D eigenvalue weighted by molar-refractivity contribution is 0.182. The van der Waals surface area contributed by atoms with Gasteiger partial charge in [-0.05, 0) is 111 Å². The highest BCUT2D eigenvalue weighted by molar-refractivity contribution is 5.91. The van der Waals surface area contributed by atoms with Crippen LogP contribution in [0, 0.1) is 25.7 Å². The maximum absolute atomic E-state index is 6.87. The third-order valence-corrected chi connectivity index (χ3v) is 13.3. The van der Waals surface area contributed by atoms with Crippen molar-refractivity contribution in [3.63, 3.8) is 0 Å². The van der Waals surface area contributed by atoms with Crippen LogP contribution in [0.1, 0.15) is 84.7 Å². The van der Waals surface area contributed by atoms with Gasteiger partial charge < -0.3 is 18.6 Å². The average molecular weight is 645 g/mol. The van der Waals surface area contributed by atoms with Gasteiger partial charge >= 0.3 is 11.1 Å². The summed E-state index contributed by atoms with van der Waals surface area (Å²) in [5.74, 6) is 1.62. The highest BCUT2D eigenvalue weighted by Crippen LogP contribution is 2.42. The molecule has 0 saturated carbocycles. The minimum atomic E-state index is 0.809. The van der Waals surface area contributed by atoms with Crippen LogP contribution in [-0.4, -0.2) is 52.4 Å². The Morgan fingerprint density at radius 1 is 0.542 bits per heavy atom. The third kappa shape index (κ3) is 4.71. The third-order valence-electron chi connectivity index (χ3n) is 13.3. The highest BCUT2D eigenvalue weighted by Gasteiger charge is 2.35. The van der Waals surface area contributed by atoms with Crippen LogP contribution in [0.2, 0.25) is 0 Å². The van der Waals surface area contributed by atoms with E-state index in [9.17, 15) is 0 Å². The van der Waals surface area contributed by atoms with E-state index in [0.717, 1.165) is 62.0 Å². The molecule has 250 valence electrons. The van der Waals surface area contributed by atoms with E-state index in [1.54, 1.807) is 11.1 Å². The smallest absolute Gasteiger partial charge is 0.368 e. The number of hydrogen-bond donors (Lipinski definition) is 0. The van der Waals surface area contributed by atoms with Crippen molar-refractivity contribution in [3.05, 3.63) is 68.8 Å². The Morgan fingerprint density at radius 2 is 0.938 bits per heavy atom. The van der Waals surface area contributed by atoms with Crippen LogP contribution in [0.3, 0.4) is 0 Å². The molecule has 6 heteroatoms. The van der Waals surface area contributed by atoms with Crippen molar-refractivity contribution < 1.29 is 8.83 Å². The number of fused-ring (bicyclic) bond motifs is 4. The van der Waals surface area contributed by atoms with Gasteiger partial charge in [-0.15, -0.1) is 0 Å². The predicted octanol–water partition coefficient (Wildman–Crippen LogP) is 6.26. The van der Waals surface area contributed by atoms with E-state index >= 15 is 0 Å². The van der Waals surface area contributed by atoms with E-state index in [-0.39, 0.29) is 0 Å². The SMILES string of the molecule is Cc1cc(=[N+]2CCC(C3CC[N+](=c4cc(C)c5cc6c7c(c5o4)CCCN7CCC6)CC3)CC2)oc2c3c4c(cc12)CCCN4CCC3. The lowest BCUT2D eigenvalue weighted by atomic mass is 9.79. The lowest BCUT2D eigenvalue weighted by Crippen LogP contribution is -2.43. The zero-order valence-corrected chi connectivity index (χ0v) is 29.2. The summed E-state index contributed by atoms with van der Waals surface area (Å²) in [4.78, 5) is 5.27. The average Bonchev–Trinajstić information content (AvgIpc) is 3.13. The Kier molecular flexibility index (Phi) is 7.05. The molecule has 2 saturated heterocycles. The number of aryl methyl sites for hydroxylation is 6. The molecule has 0 amide bonds. The first-order valence-corrected chi connectivity index (χ1v) is 19.4. The molecule has 8 heterocycles. The molecule has 2 aromatic carbocycles. The zero-order chi connectivity index (χ0) is 31.9. The van der Waals surface area contributed by atoms with E-state index in [0.29, 0.717) is 0 Å². The quantitative estimate of drug-likeness (QED) is 0.230. The minimum Gasteiger partial charge on any atom is -0.404 e. The molecule has 6 aliphatic heterocycles. The second-order valence-electron chi connectivity index (χ2n) is 16.1. The Bertz CT molecular complexity index is 1940. The predicted molar refractivity (Wildman–Crippen MR) is 195 cm³/mol. The highest BCUT2D eigenvalue weighted by atomic mass is 16.3. The number of hydrogen-bond acceptors (Lipinski definition) is 4. The van der Waals surface area contributed by atoms with Crippen molar-refractivity contribution in [2.75, 3.05) is 62.2 Å². The first-order valence-electron chi connectivity index (χ1n) is 19.4. The second kappa shape index (κ2) is 11.5. The molecule has 0 unspecified atom stereocenters. The molecule has 48 heavy (non-hydrogen) atoms. The van der Waals surface area contributed by atoms with Crippen molar-refractivity contribution in [2.24, 2.45) is 11.8 Å². The Morgan fingerprint density at radius 3 is 1.35 bits per heavy atom. The Hall–Kier alpha value is -3.54. The molecule has 2 aromatic heterocycles. The summed E-state index contributed by atoms with van der Waals surface area (Å²) < 4.78 is 18.8. The van der Waals surface area contributed by atoms with Gasteiger partial charge in [0.05, 0.1) is 12.1 Å². The molecule has 0 N–H and O–H groups in total. The molecule has 10 rings (SSSR count). The van der Waals surface area contributed by atoms with Crippen molar-refractivity contribution in [1.29, 1.82) is 0 Å². The fraction of sp³-hybridized carbons (Fsp3) is 0.571. The van der Waals surface area contributed by atoms with Gasteiger partial charge in [-0.3, -0.25) is 0 Å². The fourth-order valence-corrected chi connectivity index (χ4v) is 10.8. The van der Waals surface area contributed by atoms with Gasteiger partial charge in [0.25, 0.3) is 0 Å². The summed E-state index contributed by atoms with van der Waals surface area (Å²) in [5.41, 5.74) is 16.3. The molecule has 6 nitrogen and oxygen atoms in total. The monoisotopic (exact) mass is 644 g/mol. The second-order valence-corrected chi connectivity index (χ2v) is 16.1. The van der Waals surface area contributed by atoms with Crippen LogP contribution in [-0.2, 0) is 25.7 Å². The molecule has 0 bridgehead atoms. The van der Waals surface area contributed by atoms with Gasteiger partial charge in [0, 0.05) is 85.1 Å². The minimum absolute atomic E-state index is 0.809. The summed E-state index contributed by atoms with van der Waals surface area (Å²) in [6, 6.07) is 9.58.